The highest BCUT2D eigenvalue weighted by Crippen LogP contribution is 2.35. The lowest BCUT2D eigenvalue weighted by molar-refractivity contribution is -0.0498. The van der Waals surface area contributed by atoms with Crippen LogP contribution in [0.15, 0.2) is 36.4 Å². The first-order valence-electron chi connectivity index (χ1n) is 6.03. The summed E-state index contributed by atoms with van der Waals surface area (Å²) in [6, 6.07) is 8.10. The molecule has 112 valence electrons. The predicted molar refractivity (Wildman–Crippen MR) is 74.9 cm³/mol. The number of rotatable bonds is 4. The van der Waals surface area contributed by atoms with Gasteiger partial charge in [0.15, 0.2) is 0 Å². The highest BCUT2D eigenvalue weighted by molar-refractivity contribution is 9.09. The Balaban J connectivity index is 2.36. The van der Waals surface area contributed by atoms with Gasteiger partial charge < -0.3 is 4.74 Å². The molecule has 0 fully saturated rings. The number of ether oxygens (including phenoxy) is 1. The molecular weight excluding hydrogens is 352 g/mol. The molecule has 0 amide bonds. The first kappa shape index (κ1) is 15.8. The standard InChI is InChI=1S/C15H11BrF4O/c1-8-5-11(13(18)7-12(8)17)14(16)9-3-2-4-10(6-9)21-15(19)20/h2-7,14-15H,1H3. The van der Waals surface area contributed by atoms with Crippen LogP contribution in [0, 0.1) is 18.6 Å². The molecular formula is C15H11BrF4O. The smallest absolute Gasteiger partial charge is 0.387 e. The summed E-state index contributed by atoms with van der Waals surface area (Å²) < 4.78 is 55.8. The van der Waals surface area contributed by atoms with Crippen LogP contribution in [-0.4, -0.2) is 6.61 Å². The minimum atomic E-state index is -2.93. The Morgan fingerprint density at radius 1 is 1.05 bits per heavy atom. The third-order valence-corrected chi connectivity index (χ3v) is 3.95. The van der Waals surface area contributed by atoms with Crippen molar-refractivity contribution in [3.8, 4) is 5.75 Å². The third kappa shape index (κ3) is 3.75. The van der Waals surface area contributed by atoms with Crippen molar-refractivity contribution in [1.29, 1.82) is 0 Å². The number of benzene rings is 2. The molecule has 1 atom stereocenters. The van der Waals surface area contributed by atoms with Crippen LogP contribution in [0.25, 0.3) is 0 Å². The summed E-state index contributed by atoms with van der Waals surface area (Å²) >= 11 is 3.30. The van der Waals surface area contributed by atoms with Crippen LogP contribution in [0.4, 0.5) is 17.6 Å². The first-order valence-corrected chi connectivity index (χ1v) is 6.94. The van der Waals surface area contributed by atoms with E-state index in [1.165, 1.54) is 31.2 Å². The Kier molecular flexibility index (Phi) is 4.88. The monoisotopic (exact) mass is 362 g/mol. The van der Waals surface area contributed by atoms with Gasteiger partial charge in [0.1, 0.15) is 17.4 Å². The lowest BCUT2D eigenvalue weighted by Crippen LogP contribution is -2.03. The molecule has 0 aromatic heterocycles. The van der Waals surface area contributed by atoms with E-state index in [4.69, 9.17) is 0 Å². The normalized spacial score (nSPS) is 12.5. The van der Waals surface area contributed by atoms with E-state index in [1.54, 1.807) is 6.07 Å². The van der Waals surface area contributed by atoms with Crippen LogP contribution < -0.4 is 4.74 Å². The summed E-state index contributed by atoms with van der Waals surface area (Å²) in [7, 11) is 0. The largest absolute Gasteiger partial charge is 0.435 e. The van der Waals surface area contributed by atoms with Crippen molar-refractivity contribution in [3.05, 3.63) is 64.7 Å². The summed E-state index contributed by atoms with van der Waals surface area (Å²) in [5.74, 6) is -1.36. The molecule has 1 unspecified atom stereocenters. The van der Waals surface area contributed by atoms with Crippen molar-refractivity contribution in [3.63, 3.8) is 0 Å². The zero-order chi connectivity index (χ0) is 15.6. The van der Waals surface area contributed by atoms with Crippen LogP contribution in [0.1, 0.15) is 21.5 Å². The fraction of sp³-hybridized carbons (Fsp3) is 0.200. The van der Waals surface area contributed by atoms with E-state index in [1.807, 2.05) is 0 Å². The summed E-state index contributed by atoms with van der Waals surface area (Å²) in [4.78, 5) is -0.599. The van der Waals surface area contributed by atoms with E-state index >= 15 is 0 Å². The van der Waals surface area contributed by atoms with E-state index in [-0.39, 0.29) is 11.3 Å². The summed E-state index contributed by atoms with van der Waals surface area (Å²) in [6.07, 6.45) is 0. The second-order valence-corrected chi connectivity index (χ2v) is 5.35. The molecule has 6 heteroatoms. The molecule has 0 saturated carbocycles. The van der Waals surface area contributed by atoms with E-state index in [0.717, 1.165) is 6.07 Å². The van der Waals surface area contributed by atoms with Crippen molar-refractivity contribution in [2.45, 2.75) is 18.4 Å². The number of halogens is 5. The molecule has 2 aromatic rings. The predicted octanol–water partition coefficient (Wildman–Crippen LogP) is 5.36. The summed E-state index contributed by atoms with van der Waals surface area (Å²) in [5.41, 5.74) is 1.05. The topological polar surface area (TPSA) is 9.23 Å². The lowest BCUT2D eigenvalue weighted by Gasteiger charge is -2.14. The van der Waals surface area contributed by atoms with Crippen LogP contribution in [0.3, 0.4) is 0 Å². The maximum Gasteiger partial charge on any atom is 0.387 e. The lowest BCUT2D eigenvalue weighted by atomic mass is 10.0. The zero-order valence-corrected chi connectivity index (χ0v) is 12.5. The molecule has 2 rings (SSSR count). The van der Waals surface area contributed by atoms with Gasteiger partial charge in [-0.15, -0.1) is 0 Å². The Bertz CT molecular complexity index is 646. The van der Waals surface area contributed by atoms with Crippen LogP contribution in [-0.2, 0) is 0 Å². The third-order valence-electron chi connectivity index (χ3n) is 2.93. The Hall–Kier alpha value is -1.56. The molecule has 1 nitrogen and oxygen atoms in total. The van der Waals surface area contributed by atoms with Gasteiger partial charge >= 0.3 is 6.61 Å². The average Bonchev–Trinajstić information content (AvgIpc) is 2.41. The van der Waals surface area contributed by atoms with Crippen molar-refractivity contribution in [2.24, 2.45) is 0 Å². The van der Waals surface area contributed by atoms with E-state index < -0.39 is 23.1 Å². The van der Waals surface area contributed by atoms with E-state index in [0.29, 0.717) is 11.1 Å². The zero-order valence-electron chi connectivity index (χ0n) is 10.9. The minimum absolute atomic E-state index is 0.0220. The van der Waals surface area contributed by atoms with Crippen molar-refractivity contribution in [2.75, 3.05) is 0 Å². The van der Waals surface area contributed by atoms with Crippen molar-refractivity contribution in [1.82, 2.24) is 0 Å². The van der Waals surface area contributed by atoms with Crippen molar-refractivity contribution < 1.29 is 22.3 Å². The maximum absolute atomic E-state index is 13.9. The minimum Gasteiger partial charge on any atom is -0.435 e. The second-order valence-electron chi connectivity index (χ2n) is 4.44. The van der Waals surface area contributed by atoms with Crippen molar-refractivity contribution >= 4 is 15.9 Å². The van der Waals surface area contributed by atoms with Gasteiger partial charge in [0.05, 0.1) is 4.83 Å². The molecule has 0 bridgehead atoms. The van der Waals surface area contributed by atoms with E-state index in [9.17, 15) is 17.6 Å². The number of hydrogen-bond acceptors (Lipinski definition) is 1. The molecule has 2 aromatic carbocycles. The van der Waals surface area contributed by atoms with Crippen LogP contribution in [0.2, 0.25) is 0 Å². The summed E-state index contributed by atoms with van der Waals surface area (Å²) in [5, 5.41) is 0. The fourth-order valence-electron chi connectivity index (χ4n) is 1.90. The van der Waals surface area contributed by atoms with Gasteiger partial charge in [-0.1, -0.05) is 28.1 Å². The SMILES string of the molecule is Cc1cc(C(Br)c2cccc(OC(F)F)c2)c(F)cc1F. The van der Waals surface area contributed by atoms with Crippen LogP contribution >= 0.6 is 15.9 Å². The molecule has 0 aliphatic heterocycles. The molecule has 0 N–H and O–H groups in total. The Labute approximate surface area is 127 Å². The van der Waals surface area contributed by atoms with Crippen LogP contribution in [0.5, 0.6) is 5.75 Å². The molecule has 0 radical (unpaired) electrons. The van der Waals surface area contributed by atoms with Gasteiger partial charge in [0.25, 0.3) is 0 Å². The maximum atomic E-state index is 13.9. The van der Waals surface area contributed by atoms with Gasteiger partial charge in [0, 0.05) is 11.6 Å². The van der Waals surface area contributed by atoms with Gasteiger partial charge in [-0.2, -0.15) is 8.78 Å². The quantitative estimate of drug-likeness (QED) is 0.525. The summed E-state index contributed by atoms with van der Waals surface area (Å²) in [6.45, 7) is -1.41. The fourth-order valence-corrected chi connectivity index (χ4v) is 2.54. The highest BCUT2D eigenvalue weighted by Gasteiger charge is 2.18. The molecule has 0 saturated heterocycles. The second kappa shape index (κ2) is 6.47. The molecule has 0 spiro atoms. The van der Waals surface area contributed by atoms with Gasteiger partial charge in [-0.25, -0.2) is 8.78 Å². The number of aryl methyl sites for hydroxylation is 1. The molecule has 0 aliphatic carbocycles. The molecule has 0 aliphatic rings. The van der Waals surface area contributed by atoms with Gasteiger partial charge in [-0.05, 0) is 36.2 Å². The molecule has 21 heavy (non-hydrogen) atoms. The molecule has 0 heterocycles. The highest BCUT2D eigenvalue weighted by atomic mass is 79.9. The Morgan fingerprint density at radius 3 is 2.43 bits per heavy atom. The first-order chi connectivity index (χ1) is 9.88. The Morgan fingerprint density at radius 2 is 1.76 bits per heavy atom. The van der Waals surface area contributed by atoms with E-state index in [2.05, 4.69) is 20.7 Å². The average molecular weight is 363 g/mol. The number of hydrogen-bond donors (Lipinski definition) is 0. The van der Waals surface area contributed by atoms with Gasteiger partial charge in [-0.3, -0.25) is 0 Å². The number of alkyl halides is 3. The van der Waals surface area contributed by atoms with Gasteiger partial charge in [0.2, 0.25) is 0 Å².